The highest BCUT2D eigenvalue weighted by atomic mass is 32.1. The molecule has 1 N–H and O–H groups in total. The molecule has 3 aromatic rings. The third-order valence-electron chi connectivity index (χ3n) is 4.87. The minimum atomic E-state index is -0.431. The minimum Gasteiger partial charge on any atom is -0.289 e. The number of hydrazone groups is 1. The second kappa shape index (κ2) is 7.63. The average molecular weight is 398 g/mol. The van der Waals surface area contributed by atoms with Crippen LogP contribution in [0.25, 0.3) is 10.2 Å². The fourth-order valence-corrected chi connectivity index (χ4v) is 4.74. The largest absolute Gasteiger partial charge is 0.289 e. The Hall–Kier alpha value is -2.87. The highest BCUT2D eigenvalue weighted by Crippen LogP contribution is 2.35. The van der Waals surface area contributed by atoms with Gasteiger partial charge < -0.3 is 0 Å². The second-order valence-corrected chi connectivity index (χ2v) is 8.14. The van der Waals surface area contributed by atoms with Gasteiger partial charge in [0.2, 0.25) is 0 Å². The van der Waals surface area contributed by atoms with Crippen LogP contribution in [0.5, 0.6) is 0 Å². The quantitative estimate of drug-likeness (QED) is 0.542. The molecule has 0 saturated heterocycles. The Labute approximate surface area is 164 Å². The number of nitrogens with zero attached hydrogens (tertiary/aromatic N) is 3. The summed E-state index contributed by atoms with van der Waals surface area (Å²) in [5, 5.41) is 4.50. The summed E-state index contributed by atoms with van der Waals surface area (Å²) in [5.41, 5.74) is 3.95. The molecule has 0 bridgehead atoms. The van der Waals surface area contributed by atoms with E-state index >= 15 is 0 Å². The molecule has 2 aromatic heterocycles. The Balaban J connectivity index is 1.50. The maximum absolute atomic E-state index is 12.9. The highest BCUT2D eigenvalue weighted by molar-refractivity contribution is 7.18. The van der Waals surface area contributed by atoms with E-state index in [0.29, 0.717) is 16.9 Å². The molecule has 1 aliphatic carbocycles. The lowest BCUT2D eigenvalue weighted by atomic mass is 9.89. The van der Waals surface area contributed by atoms with Gasteiger partial charge in [0.1, 0.15) is 17.2 Å². The van der Waals surface area contributed by atoms with E-state index in [4.69, 9.17) is 0 Å². The first-order valence-corrected chi connectivity index (χ1v) is 9.90. The van der Waals surface area contributed by atoms with Crippen molar-refractivity contribution in [2.45, 2.75) is 32.7 Å². The molecule has 4 rings (SSSR count). The maximum Gasteiger partial charge on any atom is 0.262 e. The number of aromatic nitrogens is 2. The van der Waals surface area contributed by atoms with Crippen molar-refractivity contribution >= 4 is 33.7 Å². The zero-order valence-corrected chi connectivity index (χ0v) is 16.1. The van der Waals surface area contributed by atoms with E-state index in [-0.39, 0.29) is 17.9 Å². The van der Waals surface area contributed by atoms with Crippen LogP contribution in [-0.2, 0) is 24.2 Å². The van der Waals surface area contributed by atoms with Crippen molar-refractivity contribution in [2.75, 3.05) is 0 Å². The van der Waals surface area contributed by atoms with Crippen LogP contribution in [0.4, 0.5) is 4.39 Å². The number of hydrogen-bond acceptors (Lipinski definition) is 5. The smallest absolute Gasteiger partial charge is 0.262 e. The van der Waals surface area contributed by atoms with E-state index in [1.54, 1.807) is 23.5 Å². The van der Waals surface area contributed by atoms with Crippen molar-refractivity contribution < 1.29 is 9.18 Å². The number of amides is 1. The van der Waals surface area contributed by atoms with Gasteiger partial charge in [0.15, 0.2) is 0 Å². The molecule has 144 valence electrons. The van der Waals surface area contributed by atoms with Crippen LogP contribution in [0.2, 0.25) is 0 Å². The van der Waals surface area contributed by atoms with Gasteiger partial charge in [0.05, 0.1) is 17.9 Å². The Kier molecular flexibility index (Phi) is 5.04. The number of aryl methyl sites for hydroxylation is 1. The Morgan fingerprint density at radius 3 is 3.00 bits per heavy atom. The third-order valence-corrected chi connectivity index (χ3v) is 6.03. The van der Waals surface area contributed by atoms with E-state index in [0.717, 1.165) is 29.7 Å². The van der Waals surface area contributed by atoms with Gasteiger partial charge in [0, 0.05) is 4.88 Å². The molecule has 1 aromatic carbocycles. The summed E-state index contributed by atoms with van der Waals surface area (Å²) >= 11 is 1.58. The molecule has 0 spiro atoms. The molecule has 0 fully saturated rings. The molecule has 28 heavy (non-hydrogen) atoms. The van der Waals surface area contributed by atoms with E-state index < -0.39 is 5.91 Å². The predicted molar refractivity (Wildman–Crippen MR) is 107 cm³/mol. The number of rotatable bonds is 4. The topological polar surface area (TPSA) is 76.3 Å². The van der Waals surface area contributed by atoms with Crippen LogP contribution in [0.3, 0.4) is 0 Å². The van der Waals surface area contributed by atoms with E-state index in [1.807, 2.05) is 0 Å². The summed E-state index contributed by atoms with van der Waals surface area (Å²) in [6.45, 7) is 2.05. The van der Waals surface area contributed by atoms with Gasteiger partial charge in [-0.2, -0.15) is 5.10 Å². The maximum atomic E-state index is 12.9. The van der Waals surface area contributed by atoms with Gasteiger partial charge in [0.25, 0.3) is 11.5 Å². The van der Waals surface area contributed by atoms with Crippen molar-refractivity contribution in [3.05, 3.63) is 62.8 Å². The fraction of sp³-hybridized carbons (Fsp3) is 0.300. The lowest BCUT2D eigenvalue weighted by Gasteiger charge is -2.17. The van der Waals surface area contributed by atoms with E-state index in [9.17, 15) is 14.0 Å². The zero-order valence-electron chi connectivity index (χ0n) is 15.3. The molecule has 0 aliphatic heterocycles. The van der Waals surface area contributed by atoms with Crippen LogP contribution < -0.4 is 11.0 Å². The standard InChI is InChI=1S/C20H19FN4O2S/c1-12-2-7-15-16(8-12)28-19-18(15)20(27)25(11-22-19)10-17(26)24-23-9-13-3-5-14(21)6-4-13/h3-6,9,11-12H,2,7-8,10H2,1H3,(H,24,26). The lowest BCUT2D eigenvalue weighted by molar-refractivity contribution is -0.121. The Morgan fingerprint density at radius 2 is 2.21 bits per heavy atom. The van der Waals surface area contributed by atoms with Crippen molar-refractivity contribution in [2.24, 2.45) is 11.0 Å². The molecule has 6 nitrogen and oxygen atoms in total. The molecule has 1 unspecified atom stereocenters. The van der Waals surface area contributed by atoms with Crippen LogP contribution in [0, 0.1) is 11.7 Å². The summed E-state index contributed by atoms with van der Waals surface area (Å²) < 4.78 is 14.2. The minimum absolute atomic E-state index is 0.163. The first kappa shape index (κ1) is 18.5. The summed E-state index contributed by atoms with van der Waals surface area (Å²) in [7, 11) is 0. The normalized spacial score (nSPS) is 16.4. The molecular formula is C20H19FN4O2S. The SMILES string of the molecule is CC1CCc2c(sc3ncn(CC(=O)NN=Cc4ccc(F)cc4)c(=O)c23)C1. The molecule has 1 aliphatic rings. The van der Waals surface area contributed by atoms with Crippen LogP contribution in [0.15, 0.2) is 40.5 Å². The fourth-order valence-electron chi connectivity index (χ4n) is 3.40. The summed E-state index contributed by atoms with van der Waals surface area (Å²) in [6, 6.07) is 5.72. The van der Waals surface area contributed by atoms with Gasteiger partial charge in [-0.15, -0.1) is 11.3 Å². The molecule has 1 atom stereocenters. The number of halogens is 1. The Morgan fingerprint density at radius 1 is 1.43 bits per heavy atom. The number of hydrogen-bond donors (Lipinski definition) is 1. The van der Waals surface area contributed by atoms with Gasteiger partial charge in [-0.3, -0.25) is 14.2 Å². The number of thiophene rings is 1. The summed E-state index contributed by atoms with van der Waals surface area (Å²) in [5.74, 6) is -0.152. The number of fused-ring (bicyclic) bond motifs is 3. The van der Waals surface area contributed by atoms with Crippen LogP contribution in [-0.4, -0.2) is 21.7 Å². The first-order chi connectivity index (χ1) is 13.5. The number of carbonyl (C=O) groups is 1. The highest BCUT2D eigenvalue weighted by Gasteiger charge is 2.23. The van der Waals surface area contributed by atoms with Crippen molar-refractivity contribution in [1.82, 2.24) is 15.0 Å². The second-order valence-electron chi connectivity index (χ2n) is 7.05. The van der Waals surface area contributed by atoms with Gasteiger partial charge in [-0.25, -0.2) is 14.8 Å². The Bertz CT molecular complexity index is 1120. The molecular weight excluding hydrogens is 379 g/mol. The number of nitrogens with one attached hydrogen (secondary N) is 1. The van der Waals surface area contributed by atoms with Crippen LogP contribution in [0.1, 0.15) is 29.3 Å². The van der Waals surface area contributed by atoms with Gasteiger partial charge in [-0.05, 0) is 48.4 Å². The average Bonchev–Trinajstić information content (AvgIpc) is 3.04. The molecule has 2 heterocycles. The zero-order chi connectivity index (χ0) is 19.7. The van der Waals surface area contributed by atoms with E-state index in [1.165, 1.54) is 34.1 Å². The number of carbonyl (C=O) groups excluding carboxylic acids is 1. The summed E-state index contributed by atoms with van der Waals surface area (Å²) in [4.78, 5) is 31.4. The van der Waals surface area contributed by atoms with Gasteiger partial charge >= 0.3 is 0 Å². The predicted octanol–water partition coefficient (Wildman–Crippen LogP) is 2.87. The van der Waals surface area contributed by atoms with Crippen molar-refractivity contribution in [1.29, 1.82) is 0 Å². The van der Waals surface area contributed by atoms with E-state index in [2.05, 4.69) is 22.4 Å². The van der Waals surface area contributed by atoms with Crippen molar-refractivity contribution in [3.63, 3.8) is 0 Å². The van der Waals surface area contributed by atoms with Crippen molar-refractivity contribution in [3.8, 4) is 0 Å². The molecule has 0 radical (unpaired) electrons. The third kappa shape index (κ3) is 3.73. The lowest BCUT2D eigenvalue weighted by Crippen LogP contribution is -2.30. The monoisotopic (exact) mass is 398 g/mol. The molecule has 8 heteroatoms. The molecule has 0 saturated carbocycles. The number of benzene rings is 1. The van der Waals surface area contributed by atoms with Crippen LogP contribution >= 0.6 is 11.3 Å². The summed E-state index contributed by atoms with van der Waals surface area (Å²) in [6.07, 6.45) is 5.75. The molecule has 1 amide bonds. The first-order valence-electron chi connectivity index (χ1n) is 9.08. The van der Waals surface area contributed by atoms with Gasteiger partial charge in [-0.1, -0.05) is 19.1 Å².